The fraction of sp³-hybridized carbons (Fsp3) is 0.421. The average molecular weight is 513 g/mol. The van der Waals surface area contributed by atoms with Gasteiger partial charge in [-0.15, -0.1) is 0 Å². The van der Waals surface area contributed by atoms with Gasteiger partial charge in [0.15, 0.2) is 34.7 Å². The van der Waals surface area contributed by atoms with E-state index in [1.807, 2.05) is 0 Å². The van der Waals surface area contributed by atoms with Gasteiger partial charge < -0.3 is 39.4 Å². The number of phosphoric acid groups is 1. The molecule has 4 atom stereocenters. The van der Waals surface area contributed by atoms with Gasteiger partial charge in [0.05, 0.1) is 32.7 Å². The summed E-state index contributed by atoms with van der Waals surface area (Å²) in [6.07, 6.45) is -1.98. The molecule has 4 rings (SSSR count). The molecule has 35 heavy (non-hydrogen) atoms. The lowest BCUT2D eigenvalue weighted by molar-refractivity contribution is -0.0511. The third kappa shape index (κ3) is 4.88. The first-order valence-corrected chi connectivity index (χ1v) is 11.7. The summed E-state index contributed by atoms with van der Waals surface area (Å²) in [6, 6.07) is 2.78. The van der Waals surface area contributed by atoms with Crippen molar-refractivity contribution in [1.82, 2.24) is 19.5 Å². The van der Waals surface area contributed by atoms with Crippen LogP contribution in [0, 0.1) is 0 Å². The number of methoxy groups -OCH3 is 2. The highest BCUT2D eigenvalue weighted by atomic mass is 31.2. The fourth-order valence-corrected chi connectivity index (χ4v) is 4.22. The Morgan fingerprint density at radius 2 is 1.86 bits per heavy atom. The molecule has 1 fully saturated rings. The molecule has 3 heterocycles. The van der Waals surface area contributed by atoms with Crippen LogP contribution in [-0.4, -0.2) is 83.8 Å². The van der Waals surface area contributed by atoms with E-state index < -0.39 is 39.0 Å². The zero-order valence-corrected chi connectivity index (χ0v) is 19.4. The van der Waals surface area contributed by atoms with Crippen molar-refractivity contribution in [2.75, 3.05) is 26.1 Å². The standard InChI is InChI=1S/C19H24N5O10P/c1-31-10-3-4-11(34-35(28,29)30)16(32-2)9(10)5-20-17-13-18(22-7-21-17)24(8-23-13)19-15(27)14(26)12(6-25)33-19/h3-4,7-8,12,14-15,19,25-27H,5-6H2,1-2H3,(H,20,21,22)(H2,28,29,30)/t12-,14-,15-,19-/m1/s1. The number of imidazole rings is 1. The summed E-state index contributed by atoms with van der Waals surface area (Å²) in [4.78, 5) is 31.1. The van der Waals surface area contributed by atoms with E-state index in [-0.39, 0.29) is 29.5 Å². The van der Waals surface area contributed by atoms with Crippen molar-refractivity contribution in [2.24, 2.45) is 0 Å². The van der Waals surface area contributed by atoms with Gasteiger partial charge in [-0.25, -0.2) is 19.5 Å². The second-order valence-electron chi connectivity index (χ2n) is 7.49. The molecule has 1 saturated heterocycles. The molecule has 0 saturated carbocycles. The Balaban J connectivity index is 1.65. The summed E-state index contributed by atoms with van der Waals surface area (Å²) in [7, 11) is -2.11. The molecule has 0 amide bonds. The maximum atomic E-state index is 11.3. The van der Waals surface area contributed by atoms with Crippen LogP contribution >= 0.6 is 7.82 Å². The fourth-order valence-electron chi connectivity index (χ4n) is 3.82. The molecular formula is C19H24N5O10P. The van der Waals surface area contributed by atoms with Gasteiger partial charge in [-0.1, -0.05) is 0 Å². The highest BCUT2D eigenvalue weighted by molar-refractivity contribution is 7.46. The predicted molar refractivity (Wildman–Crippen MR) is 118 cm³/mol. The monoisotopic (exact) mass is 513 g/mol. The SMILES string of the molecule is COc1ccc(OP(=O)(O)O)c(OC)c1CNc1ncnc2c1ncn2[C@@H]1O[C@H](CO)[C@@H](O)[C@H]1O. The van der Waals surface area contributed by atoms with Gasteiger partial charge in [0, 0.05) is 6.54 Å². The maximum Gasteiger partial charge on any atom is 0.524 e. The van der Waals surface area contributed by atoms with Gasteiger partial charge in [-0.05, 0) is 12.1 Å². The van der Waals surface area contributed by atoms with Gasteiger partial charge >= 0.3 is 7.82 Å². The van der Waals surface area contributed by atoms with Crippen molar-refractivity contribution in [2.45, 2.75) is 31.1 Å². The minimum atomic E-state index is -4.85. The number of benzene rings is 1. The van der Waals surface area contributed by atoms with Crippen LogP contribution in [0.2, 0.25) is 0 Å². The summed E-state index contributed by atoms with van der Waals surface area (Å²) >= 11 is 0. The zero-order chi connectivity index (χ0) is 25.3. The normalized spacial score (nSPS) is 22.4. The number of aliphatic hydroxyl groups excluding tert-OH is 3. The molecule has 2 aromatic heterocycles. The highest BCUT2D eigenvalue weighted by Gasteiger charge is 2.44. The van der Waals surface area contributed by atoms with E-state index >= 15 is 0 Å². The predicted octanol–water partition coefficient (Wildman–Crippen LogP) is -0.461. The Kier molecular flexibility index (Phi) is 7.10. The first-order valence-electron chi connectivity index (χ1n) is 10.2. The summed E-state index contributed by atoms with van der Waals surface area (Å²) < 4.78 is 33.7. The van der Waals surface area contributed by atoms with E-state index in [1.165, 1.54) is 43.6 Å². The third-order valence-corrected chi connectivity index (χ3v) is 5.84. The molecular weight excluding hydrogens is 489 g/mol. The van der Waals surface area contributed by atoms with Crippen LogP contribution in [0.25, 0.3) is 11.2 Å². The zero-order valence-electron chi connectivity index (χ0n) is 18.5. The lowest BCUT2D eigenvalue weighted by atomic mass is 10.1. The van der Waals surface area contributed by atoms with Crippen molar-refractivity contribution in [3.05, 3.63) is 30.4 Å². The maximum absolute atomic E-state index is 11.3. The minimum absolute atomic E-state index is 0.0253. The van der Waals surface area contributed by atoms with Crippen molar-refractivity contribution in [3.8, 4) is 17.2 Å². The van der Waals surface area contributed by atoms with Gasteiger partial charge in [-0.2, -0.15) is 0 Å². The van der Waals surface area contributed by atoms with Crippen LogP contribution in [0.5, 0.6) is 17.2 Å². The number of rotatable bonds is 9. The molecule has 15 nitrogen and oxygen atoms in total. The Morgan fingerprint density at radius 1 is 1.11 bits per heavy atom. The van der Waals surface area contributed by atoms with Crippen LogP contribution in [0.4, 0.5) is 5.82 Å². The molecule has 6 N–H and O–H groups in total. The van der Waals surface area contributed by atoms with Gasteiger partial charge in [0.1, 0.15) is 30.4 Å². The van der Waals surface area contributed by atoms with Gasteiger partial charge in [-0.3, -0.25) is 14.4 Å². The second-order valence-corrected chi connectivity index (χ2v) is 8.65. The van der Waals surface area contributed by atoms with Gasteiger partial charge in [0.2, 0.25) is 0 Å². The molecule has 0 radical (unpaired) electrons. The van der Waals surface area contributed by atoms with Gasteiger partial charge in [0.25, 0.3) is 0 Å². The smallest absolute Gasteiger partial charge is 0.496 e. The molecule has 1 aromatic carbocycles. The molecule has 16 heteroatoms. The lowest BCUT2D eigenvalue weighted by Crippen LogP contribution is -2.33. The lowest BCUT2D eigenvalue weighted by Gasteiger charge is -2.18. The topological polar surface area (TPSA) is 211 Å². The number of aliphatic hydroxyl groups is 3. The minimum Gasteiger partial charge on any atom is -0.496 e. The number of phosphoric ester groups is 1. The van der Waals surface area contributed by atoms with Crippen molar-refractivity contribution < 1.29 is 48.4 Å². The summed E-state index contributed by atoms with van der Waals surface area (Å²) in [6.45, 7) is -0.449. The van der Waals surface area contributed by atoms with E-state index in [0.29, 0.717) is 16.8 Å². The first kappa shape index (κ1) is 25.1. The number of hydrogen-bond acceptors (Lipinski definition) is 12. The quantitative estimate of drug-likeness (QED) is 0.200. The number of aromatic nitrogens is 4. The Hall–Kier alpha value is -3.04. The van der Waals surface area contributed by atoms with Crippen LogP contribution in [0.3, 0.4) is 0 Å². The number of nitrogens with one attached hydrogen (secondary N) is 1. The Labute approximate surface area is 198 Å². The van der Waals surface area contributed by atoms with E-state index in [2.05, 4.69) is 20.3 Å². The number of ether oxygens (including phenoxy) is 3. The second kappa shape index (κ2) is 9.91. The number of nitrogens with zero attached hydrogens (tertiary/aromatic N) is 4. The molecule has 1 aliphatic heterocycles. The van der Waals surface area contributed by atoms with Crippen LogP contribution in [-0.2, 0) is 15.8 Å². The van der Waals surface area contributed by atoms with E-state index in [0.717, 1.165) is 0 Å². The molecule has 190 valence electrons. The third-order valence-electron chi connectivity index (χ3n) is 5.41. The average Bonchev–Trinajstić information content (AvgIpc) is 3.37. The van der Waals surface area contributed by atoms with Crippen LogP contribution < -0.4 is 19.3 Å². The molecule has 3 aromatic rings. The van der Waals surface area contributed by atoms with Crippen molar-refractivity contribution in [1.29, 1.82) is 0 Å². The van der Waals surface area contributed by atoms with E-state index in [9.17, 15) is 29.7 Å². The molecule has 0 aliphatic carbocycles. The largest absolute Gasteiger partial charge is 0.524 e. The molecule has 1 aliphatic rings. The van der Waals surface area contributed by atoms with E-state index in [4.69, 9.17) is 18.7 Å². The number of anilines is 1. The van der Waals surface area contributed by atoms with Crippen molar-refractivity contribution in [3.63, 3.8) is 0 Å². The Bertz CT molecular complexity index is 1250. The molecule has 0 spiro atoms. The molecule has 0 bridgehead atoms. The highest BCUT2D eigenvalue weighted by Crippen LogP contribution is 2.45. The molecule has 0 unspecified atom stereocenters. The summed E-state index contributed by atoms with van der Waals surface area (Å²) in [5, 5.41) is 32.8. The Morgan fingerprint density at radius 3 is 2.49 bits per heavy atom. The van der Waals surface area contributed by atoms with Crippen molar-refractivity contribution >= 4 is 24.8 Å². The number of hydrogen-bond donors (Lipinski definition) is 6. The summed E-state index contributed by atoms with van der Waals surface area (Å²) in [5.41, 5.74) is 0.983. The first-order chi connectivity index (χ1) is 16.7. The van der Waals surface area contributed by atoms with Crippen LogP contribution in [0.1, 0.15) is 11.8 Å². The van der Waals surface area contributed by atoms with E-state index in [1.54, 1.807) is 0 Å². The van der Waals surface area contributed by atoms with Crippen LogP contribution in [0.15, 0.2) is 24.8 Å². The number of fused-ring (bicyclic) bond motifs is 1. The summed E-state index contributed by atoms with van der Waals surface area (Å²) in [5.74, 6) is 0.503.